The number of rotatable bonds is 7. The molecule has 2 atom stereocenters. The highest BCUT2D eigenvalue weighted by Gasteiger charge is 2.39. The third kappa shape index (κ3) is 5.43. The second-order valence-corrected chi connectivity index (χ2v) is 10.2. The number of ether oxygens (including phenoxy) is 2. The summed E-state index contributed by atoms with van der Waals surface area (Å²) in [6.07, 6.45) is 0.639. The number of nitrogens with one attached hydrogen (secondary N) is 1. The quantitative estimate of drug-likeness (QED) is 0.454. The third-order valence-electron chi connectivity index (χ3n) is 6.44. The molecule has 0 bridgehead atoms. The van der Waals surface area contributed by atoms with Gasteiger partial charge in [0.25, 0.3) is 5.91 Å². The number of anilines is 1. The van der Waals surface area contributed by atoms with E-state index in [9.17, 15) is 9.59 Å². The van der Waals surface area contributed by atoms with E-state index in [2.05, 4.69) is 10.3 Å². The molecule has 0 saturated heterocycles. The molecule has 2 amide bonds. The van der Waals surface area contributed by atoms with Gasteiger partial charge in [0, 0.05) is 18.5 Å². The molecule has 2 unspecified atom stereocenters. The Bertz CT molecular complexity index is 1410. The minimum Gasteiger partial charge on any atom is -0.493 e. The van der Waals surface area contributed by atoms with Crippen LogP contribution in [-0.2, 0) is 9.59 Å². The summed E-state index contributed by atoms with van der Waals surface area (Å²) >= 11 is 1.27. The van der Waals surface area contributed by atoms with Crippen LogP contribution in [0.2, 0.25) is 0 Å². The van der Waals surface area contributed by atoms with Crippen molar-refractivity contribution >= 4 is 40.1 Å². The molecule has 3 aromatic rings. The molecule has 1 N–H and O–H groups in total. The van der Waals surface area contributed by atoms with Crippen LogP contribution in [0.5, 0.6) is 11.5 Å². The number of aryl methyl sites for hydroxylation is 1. The first-order valence-corrected chi connectivity index (χ1v) is 13.1. The van der Waals surface area contributed by atoms with Crippen LogP contribution in [0.15, 0.2) is 82.9 Å². The molecule has 2 aliphatic rings. The maximum Gasteiger partial charge on any atom is 0.262 e. The molecule has 9 heteroatoms. The van der Waals surface area contributed by atoms with Crippen LogP contribution in [0.4, 0.5) is 5.69 Å². The Balaban J connectivity index is 1.37. The molecule has 5 rings (SSSR count). The van der Waals surface area contributed by atoms with Gasteiger partial charge in [-0.05, 0) is 42.3 Å². The number of hydrazone groups is 1. The summed E-state index contributed by atoms with van der Waals surface area (Å²) in [7, 11) is 3.20. The van der Waals surface area contributed by atoms with Crippen LogP contribution in [0.25, 0.3) is 0 Å². The van der Waals surface area contributed by atoms with E-state index in [0.717, 1.165) is 22.4 Å². The Hall–Kier alpha value is -4.11. The number of nitrogens with zero attached hydrogens (tertiary/aromatic N) is 3. The van der Waals surface area contributed by atoms with Gasteiger partial charge in [0.15, 0.2) is 16.7 Å². The van der Waals surface area contributed by atoms with Crippen LogP contribution in [0, 0.1) is 6.92 Å². The number of thioether (sulfide) groups is 1. The average Bonchev–Trinajstić information content (AvgIpc) is 3.54. The second-order valence-electron chi connectivity index (χ2n) is 9.05. The summed E-state index contributed by atoms with van der Waals surface area (Å²) < 4.78 is 10.9. The maximum atomic E-state index is 12.9. The van der Waals surface area contributed by atoms with Crippen LogP contribution in [0.3, 0.4) is 0 Å². The molecule has 8 nitrogen and oxygen atoms in total. The van der Waals surface area contributed by atoms with E-state index in [1.165, 1.54) is 11.8 Å². The van der Waals surface area contributed by atoms with Crippen molar-refractivity contribution in [2.24, 2.45) is 10.1 Å². The Morgan fingerprint density at radius 1 is 1.03 bits per heavy atom. The predicted octanol–water partition coefficient (Wildman–Crippen LogP) is 5.19. The van der Waals surface area contributed by atoms with Gasteiger partial charge < -0.3 is 14.8 Å². The van der Waals surface area contributed by atoms with Crippen molar-refractivity contribution in [2.45, 2.75) is 31.1 Å². The van der Waals surface area contributed by atoms with Gasteiger partial charge in [0.05, 0.1) is 26.0 Å². The summed E-state index contributed by atoms with van der Waals surface area (Å²) in [5, 5.41) is 9.42. The molecule has 0 aliphatic carbocycles. The minimum absolute atomic E-state index is 0.0223. The van der Waals surface area contributed by atoms with Crippen LogP contribution in [-0.4, -0.2) is 47.2 Å². The number of amides is 2. The SMILES string of the molecule is COc1ccc(C2CC(c3ccccc3)=NN2C2=NC(=O)C(CC(=O)Nc3ccc(C)cc3)S2)cc1OC. The second kappa shape index (κ2) is 11.1. The highest BCUT2D eigenvalue weighted by Crippen LogP contribution is 2.41. The first kappa shape index (κ1) is 25.5. The monoisotopic (exact) mass is 528 g/mol. The predicted molar refractivity (Wildman–Crippen MR) is 150 cm³/mol. The molecule has 38 heavy (non-hydrogen) atoms. The lowest BCUT2D eigenvalue weighted by atomic mass is 9.98. The smallest absolute Gasteiger partial charge is 0.262 e. The molecule has 2 aliphatic heterocycles. The van der Waals surface area contributed by atoms with Crippen molar-refractivity contribution in [3.8, 4) is 11.5 Å². The normalized spacial score (nSPS) is 18.7. The van der Waals surface area contributed by atoms with E-state index in [-0.39, 0.29) is 24.3 Å². The largest absolute Gasteiger partial charge is 0.493 e. The molecule has 194 valence electrons. The summed E-state index contributed by atoms with van der Waals surface area (Å²) in [4.78, 5) is 29.9. The summed E-state index contributed by atoms with van der Waals surface area (Å²) in [5.41, 5.74) is 4.65. The van der Waals surface area contributed by atoms with Gasteiger partial charge in [-0.2, -0.15) is 10.1 Å². The molecule has 0 saturated carbocycles. The van der Waals surface area contributed by atoms with Crippen molar-refractivity contribution in [1.82, 2.24) is 5.01 Å². The summed E-state index contributed by atoms with van der Waals surface area (Å²) in [6.45, 7) is 1.98. The van der Waals surface area contributed by atoms with Crippen LogP contribution in [0.1, 0.15) is 35.6 Å². The molecule has 3 aromatic carbocycles. The van der Waals surface area contributed by atoms with Gasteiger partial charge in [-0.25, -0.2) is 5.01 Å². The standard InChI is InChI=1S/C29H28N4O4S/c1-18-9-12-21(13-10-18)30-27(34)17-26-28(35)31-29(38-26)33-23(16-22(32-33)19-7-5-4-6-8-19)20-11-14-24(36-2)25(15-20)37-3/h4-15,23,26H,16-17H2,1-3H3,(H,30,34). The topological polar surface area (TPSA) is 92.6 Å². The highest BCUT2D eigenvalue weighted by atomic mass is 32.2. The van der Waals surface area contributed by atoms with Crippen molar-refractivity contribution < 1.29 is 19.1 Å². The molecule has 0 fully saturated rings. The zero-order valence-electron chi connectivity index (χ0n) is 21.4. The Morgan fingerprint density at radius 3 is 2.47 bits per heavy atom. The van der Waals surface area contributed by atoms with Crippen molar-refractivity contribution in [2.75, 3.05) is 19.5 Å². The zero-order chi connectivity index (χ0) is 26.6. The average molecular weight is 529 g/mol. The van der Waals surface area contributed by atoms with E-state index in [4.69, 9.17) is 14.6 Å². The molecule has 0 radical (unpaired) electrons. The molecule has 2 heterocycles. The fraction of sp³-hybridized carbons (Fsp3) is 0.241. The summed E-state index contributed by atoms with van der Waals surface area (Å²) in [6, 6.07) is 23.0. The van der Waals surface area contributed by atoms with Crippen LogP contribution >= 0.6 is 11.8 Å². The molecular weight excluding hydrogens is 500 g/mol. The number of amidine groups is 1. The first-order chi connectivity index (χ1) is 18.4. The van der Waals surface area contributed by atoms with E-state index in [0.29, 0.717) is 28.8 Å². The van der Waals surface area contributed by atoms with E-state index in [1.807, 2.05) is 79.7 Å². The van der Waals surface area contributed by atoms with Gasteiger partial charge in [-0.15, -0.1) is 0 Å². The number of hydrogen-bond acceptors (Lipinski definition) is 7. The lowest BCUT2D eigenvalue weighted by molar-refractivity contribution is -0.121. The number of carbonyl (C=O) groups excluding carboxylic acids is 2. The zero-order valence-corrected chi connectivity index (χ0v) is 22.2. The van der Waals surface area contributed by atoms with E-state index >= 15 is 0 Å². The van der Waals surface area contributed by atoms with Gasteiger partial charge in [-0.1, -0.05) is 65.9 Å². The molecule has 0 aromatic heterocycles. The van der Waals surface area contributed by atoms with E-state index in [1.54, 1.807) is 19.2 Å². The molecular formula is C29H28N4O4S. The number of benzene rings is 3. The molecule has 0 spiro atoms. The fourth-order valence-corrected chi connectivity index (χ4v) is 5.49. The lowest BCUT2D eigenvalue weighted by Crippen LogP contribution is -2.25. The highest BCUT2D eigenvalue weighted by molar-refractivity contribution is 8.15. The minimum atomic E-state index is -0.613. The van der Waals surface area contributed by atoms with Gasteiger partial charge in [0.1, 0.15) is 5.25 Å². The van der Waals surface area contributed by atoms with Crippen molar-refractivity contribution in [3.05, 3.63) is 89.5 Å². The lowest BCUT2D eigenvalue weighted by Gasteiger charge is -2.24. The van der Waals surface area contributed by atoms with Gasteiger partial charge in [-0.3, -0.25) is 9.59 Å². The van der Waals surface area contributed by atoms with E-state index < -0.39 is 5.25 Å². The maximum absolute atomic E-state index is 12.9. The summed E-state index contributed by atoms with van der Waals surface area (Å²) in [5.74, 6) is 0.675. The van der Waals surface area contributed by atoms with Crippen LogP contribution < -0.4 is 14.8 Å². The Kier molecular flexibility index (Phi) is 7.46. The van der Waals surface area contributed by atoms with Crippen molar-refractivity contribution in [1.29, 1.82) is 0 Å². The Morgan fingerprint density at radius 2 is 1.76 bits per heavy atom. The fourth-order valence-electron chi connectivity index (χ4n) is 4.43. The third-order valence-corrected chi connectivity index (χ3v) is 7.58. The van der Waals surface area contributed by atoms with Gasteiger partial charge in [0.2, 0.25) is 5.91 Å². The number of hydrogen-bond donors (Lipinski definition) is 1. The first-order valence-electron chi connectivity index (χ1n) is 12.2. The van der Waals surface area contributed by atoms with Gasteiger partial charge >= 0.3 is 0 Å². The number of aliphatic imine (C=N–C) groups is 1. The number of methoxy groups -OCH3 is 2. The Labute approximate surface area is 225 Å². The number of carbonyl (C=O) groups is 2. The van der Waals surface area contributed by atoms with Crippen molar-refractivity contribution in [3.63, 3.8) is 0 Å².